The fraction of sp³-hybridized carbons (Fsp3) is 1.00. The van der Waals surface area contributed by atoms with E-state index >= 15 is 0 Å². The summed E-state index contributed by atoms with van der Waals surface area (Å²) < 4.78 is 15.6. The van der Waals surface area contributed by atoms with Crippen LogP contribution in [0.3, 0.4) is 0 Å². The first-order valence-corrected chi connectivity index (χ1v) is 5.55. The Kier molecular flexibility index (Phi) is 11.4. The van der Waals surface area contributed by atoms with Crippen molar-refractivity contribution >= 4 is 11.6 Å². The molecule has 4 heteroatoms. The summed E-state index contributed by atoms with van der Waals surface area (Å²) in [6, 6.07) is 0. The van der Waals surface area contributed by atoms with E-state index in [2.05, 4.69) is 6.92 Å². The fourth-order valence-corrected chi connectivity index (χ4v) is 0.943. The molecular weight excluding hydrogens is 204 g/mol. The van der Waals surface area contributed by atoms with Crippen molar-refractivity contribution in [2.45, 2.75) is 13.3 Å². The molecule has 0 spiro atoms. The molecule has 0 radical (unpaired) electrons. The van der Waals surface area contributed by atoms with E-state index < -0.39 is 0 Å². The molecule has 3 nitrogen and oxygen atoms in total. The molecule has 14 heavy (non-hydrogen) atoms. The highest BCUT2D eigenvalue weighted by Crippen LogP contribution is 1.97. The number of ether oxygens (including phenoxy) is 3. The Hall–Kier alpha value is 0.170. The molecule has 0 aromatic heterocycles. The zero-order valence-corrected chi connectivity index (χ0v) is 9.89. The maximum absolute atomic E-state index is 5.62. The second kappa shape index (κ2) is 11.2. The minimum Gasteiger partial charge on any atom is -0.385 e. The summed E-state index contributed by atoms with van der Waals surface area (Å²) in [6.45, 7) is 5.57. The molecule has 0 aromatic carbocycles. The highest BCUT2D eigenvalue weighted by molar-refractivity contribution is 6.18. The standard InChI is InChI=1S/C10H21ClO3/c1-10(8-11)9-14-7-6-13-5-3-4-12-2/h10H,3-9H2,1-2H3. The highest BCUT2D eigenvalue weighted by atomic mass is 35.5. The first-order valence-electron chi connectivity index (χ1n) is 5.01. The number of hydrogen-bond donors (Lipinski definition) is 0. The summed E-state index contributed by atoms with van der Waals surface area (Å²) >= 11 is 5.62. The molecule has 0 rings (SSSR count). The molecule has 0 fully saturated rings. The second-order valence-corrected chi connectivity index (χ2v) is 3.60. The summed E-state index contributed by atoms with van der Waals surface area (Å²) in [7, 11) is 1.69. The number of alkyl halides is 1. The summed E-state index contributed by atoms with van der Waals surface area (Å²) in [5, 5.41) is 0. The van der Waals surface area contributed by atoms with Crippen LogP contribution in [0.15, 0.2) is 0 Å². The summed E-state index contributed by atoms with van der Waals surface area (Å²) in [4.78, 5) is 0. The maximum atomic E-state index is 5.62. The van der Waals surface area contributed by atoms with Crippen LogP contribution in [0.4, 0.5) is 0 Å². The Morgan fingerprint density at radius 3 is 2.43 bits per heavy atom. The van der Waals surface area contributed by atoms with Gasteiger partial charge >= 0.3 is 0 Å². The van der Waals surface area contributed by atoms with Gasteiger partial charge in [0.25, 0.3) is 0 Å². The van der Waals surface area contributed by atoms with Crippen molar-refractivity contribution in [3.8, 4) is 0 Å². The molecule has 86 valence electrons. The van der Waals surface area contributed by atoms with Crippen molar-refractivity contribution < 1.29 is 14.2 Å². The third-order valence-corrected chi connectivity index (χ3v) is 2.20. The molecule has 1 unspecified atom stereocenters. The van der Waals surface area contributed by atoms with E-state index in [1.165, 1.54) is 0 Å². The Bertz CT molecular complexity index is 112. The first-order chi connectivity index (χ1) is 6.81. The highest BCUT2D eigenvalue weighted by Gasteiger charge is 1.98. The quantitative estimate of drug-likeness (QED) is 0.419. The molecule has 0 N–H and O–H groups in total. The van der Waals surface area contributed by atoms with Crippen LogP contribution in [0.2, 0.25) is 0 Å². The van der Waals surface area contributed by atoms with Gasteiger partial charge in [-0.2, -0.15) is 0 Å². The van der Waals surface area contributed by atoms with Gasteiger partial charge in [0.2, 0.25) is 0 Å². The normalized spacial score (nSPS) is 13.1. The third-order valence-electron chi connectivity index (χ3n) is 1.67. The number of methoxy groups -OCH3 is 1. The largest absolute Gasteiger partial charge is 0.385 e. The molecule has 0 aliphatic rings. The van der Waals surface area contributed by atoms with Crippen LogP contribution in [-0.4, -0.2) is 46.0 Å². The van der Waals surface area contributed by atoms with Gasteiger partial charge in [0, 0.05) is 26.2 Å². The lowest BCUT2D eigenvalue weighted by Crippen LogP contribution is -2.12. The van der Waals surface area contributed by atoms with Crippen molar-refractivity contribution in [2.24, 2.45) is 5.92 Å². The average molecular weight is 225 g/mol. The van der Waals surface area contributed by atoms with Crippen LogP contribution in [0.25, 0.3) is 0 Å². The van der Waals surface area contributed by atoms with E-state index in [0.717, 1.165) is 19.6 Å². The van der Waals surface area contributed by atoms with Gasteiger partial charge in [0.05, 0.1) is 19.8 Å². The van der Waals surface area contributed by atoms with Crippen molar-refractivity contribution in [3.63, 3.8) is 0 Å². The van der Waals surface area contributed by atoms with E-state index in [1.807, 2.05) is 0 Å². The lowest BCUT2D eigenvalue weighted by molar-refractivity contribution is 0.0317. The average Bonchev–Trinajstić information content (AvgIpc) is 2.21. The van der Waals surface area contributed by atoms with Gasteiger partial charge in [-0.1, -0.05) is 6.92 Å². The van der Waals surface area contributed by atoms with Crippen LogP contribution < -0.4 is 0 Å². The van der Waals surface area contributed by atoms with E-state index in [1.54, 1.807) is 7.11 Å². The molecule has 1 atom stereocenters. The fourth-order valence-electron chi connectivity index (χ4n) is 0.854. The van der Waals surface area contributed by atoms with Crippen molar-refractivity contribution in [1.82, 2.24) is 0 Å². The molecule has 0 aliphatic heterocycles. The Labute approximate surface area is 91.7 Å². The summed E-state index contributed by atoms with van der Waals surface area (Å²) in [5.41, 5.74) is 0. The smallest absolute Gasteiger partial charge is 0.0700 e. The van der Waals surface area contributed by atoms with Gasteiger partial charge in [-0.3, -0.25) is 0 Å². The van der Waals surface area contributed by atoms with Crippen molar-refractivity contribution in [1.29, 1.82) is 0 Å². The Morgan fingerprint density at radius 1 is 1.07 bits per heavy atom. The molecule has 0 aliphatic carbocycles. The van der Waals surface area contributed by atoms with Crippen LogP contribution in [0.1, 0.15) is 13.3 Å². The predicted molar refractivity (Wildman–Crippen MR) is 58.0 cm³/mol. The van der Waals surface area contributed by atoms with E-state index in [0.29, 0.717) is 31.6 Å². The van der Waals surface area contributed by atoms with Gasteiger partial charge in [-0.25, -0.2) is 0 Å². The Balaban J connectivity index is 2.92. The predicted octanol–water partition coefficient (Wildman–Crippen LogP) is 1.93. The molecule has 0 heterocycles. The van der Waals surface area contributed by atoms with E-state index in [4.69, 9.17) is 25.8 Å². The topological polar surface area (TPSA) is 27.7 Å². The molecular formula is C10H21ClO3. The van der Waals surface area contributed by atoms with Gasteiger partial charge < -0.3 is 14.2 Å². The molecule has 0 saturated carbocycles. The number of halogens is 1. The van der Waals surface area contributed by atoms with Gasteiger partial charge in [0.1, 0.15) is 0 Å². The zero-order chi connectivity index (χ0) is 10.6. The molecule has 0 aromatic rings. The lowest BCUT2D eigenvalue weighted by Gasteiger charge is -2.08. The van der Waals surface area contributed by atoms with Crippen molar-refractivity contribution in [3.05, 3.63) is 0 Å². The van der Waals surface area contributed by atoms with Crippen LogP contribution in [-0.2, 0) is 14.2 Å². The van der Waals surface area contributed by atoms with Gasteiger partial charge in [-0.05, 0) is 12.3 Å². The summed E-state index contributed by atoms with van der Waals surface area (Å²) in [5.74, 6) is 1.07. The third kappa shape index (κ3) is 10.3. The van der Waals surface area contributed by atoms with E-state index in [-0.39, 0.29) is 0 Å². The van der Waals surface area contributed by atoms with Crippen LogP contribution >= 0.6 is 11.6 Å². The second-order valence-electron chi connectivity index (χ2n) is 3.29. The zero-order valence-electron chi connectivity index (χ0n) is 9.13. The van der Waals surface area contributed by atoms with Crippen molar-refractivity contribution in [2.75, 3.05) is 46.0 Å². The monoisotopic (exact) mass is 224 g/mol. The lowest BCUT2D eigenvalue weighted by atomic mass is 10.2. The van der Waals surface area contributed by atoms with Crippen LogP contribution in [0, 0.1) is 5.92 Å². The SMILES string of the molecule is COCCCOCCOCC(C)CCl. The van der Waals surface area contributed by atoms with Gasteiger partial charge in [-0.15, -0.1) is 11.6 Å². The molecule has 0 amide bonds. The summed E-state index contributed by atoms with van der Waals surface area (Å²) in [6.07, 6.45) is 0.939. The van der Waals surface area contributed by atoms with E-state index in [9.17, 15) is 0 Å². The minimum atomic E-state index is 0.421. The molecule has 0 bridgehead atoms. The first kappa shape index (κ1) is 14.2. The number of rotatable bonds is 10. The Morgan fingerprint density at radius 2 is 1.79 bits per heavy atom. The van der Waals surface area contributed by atoms with Crippen LogP contribution in [0.5, 0.6) is 0 Å². The molecule has 0 saturated heterocycles. The van der Waals surface area contributed by atoms with Gasteiger partial charge in [0.15, 0.2) is 0 Å². The maximum Gasteiger partial charge on any atom is 0.0700 e. The minimum absolute atomic E-state index is 0.421. The number of hydrogen-bond acceptors (Lipinski definition) is 3.